The molecule has 0 atom stereocenters. The highest BCUT2D eigenvalue weighted by molar-refractivity contribution is 7.08. The molecule has 0 fully saturated rings. The van der Waals surface area contributed by atoms with Gasteiger partial charge in [0.05, 0.1) is 0 Å². The van der Waals surface area contributed by atoms with E-state index in [9.17, 15) is 4.79 Å². The first kappa shape index (κ1) is 9.99. The van der Waals surface area contributed by atoms with Crippen molar-refractivity contribution in [2.24, 2.45) is 0 Å². The smallest absolute Gasteiger partial charge is 0.188 e. The molecule has 0 amide bonds. The summed E-state index contributed by atoms with van der Waals surface area (Å²) in [5.41, 5.74) is 0.756. The summed E-state index contributed by atoms with van der Waals surface area (Å²) in [4.78, 5) is 11.4. The van der Waals surface area contributed by atoms with E-state index in [1.54, 1.807) is 12.3 Å². The maximum Gasteiger partial charge on any atom is 0.188 e. The first-order valence-electron chi connectivity index (χ1n) is 4.19. The Balaban J connectivity index is 2.47. The maximum absolute atomic E-state index is 11.4. The van der Waals surface area contributed by atoms with Crippen molar-refractivity contribution in [3.05, 3.63) is 34.7 Å². The van der Waals surface area contributed by atoms with Crippen molar-refractivity contribution >= 4 is 17.1 Å². The largest absolute Gasteiger partial charge is 0.389 e. The molecule has 0 radical (unpaired) electrons. The van der Waals surface area contributed by atoms with Gasteiger partial charge in [-0.05, 0) is 25.3 Å². The molecule has 1 aromatic rings. The van der Waals surface area contributed by atoms with Crippen LogP contribution in [0.4, 0.5) is 0 Å². The van der Waals surface area contributed by atoms with Crippen molar-refractivity contribution in [3.63, 3.8) is 0 Å². The van der Waals surface area contributed by atoms with E-state index >= 15 is 0 Å². The molecule has 0 aliphatic carbocycles. The molecule has 70 valence electrons. The molecule has 0 spiro atoms. The summed E-state index contributed by atoms with van der Waals surface area (Å²) in [5, 5.41) is 6.79. The molecule has 1 aromatic heterocycles. The predicted molar refractivity (Wildman–Crippen MR) is 56.1 cm³/mol. The number of hydrogen-bond donors (Lipinski definition) is 1. The third kappa shape index (κ3) is 3.42. The minimum atomic E-state index is 0.0504. The number of ketones is 1. The first-order valence-corrected chi connectivity index (χ1v) is 5.13. The fourth-order valence-corrected chi connectivity index (χ4v) is 1.46. The van der Waals surface area contributed by atoms with Crippen LogP contribution in [0.5, 0.6) is 0 Å². The maximum atomic E-state index is 11.4. The Morgan fingerprint density at radius 3 is 2.92 bits per heavy atom. The lowest BCUT2D eigenvalue weighted by atomic mass is 10.2. The Labute approximate surface area is 82.3 Å². The van der Waals surface area contributed by atoms with E-state index in [1.165, 1.54) is 11.3 Å². The first-order chi connectivity index (χ1) is 6.20. The molecule has 0 aromatic carbocycles. The quantitative estimate of drug-likeness (QED) is 0.590. The van der Waals surface area contributed by atoms with Gasteiger partial charge >= 0.3 is 0 Å². The second kappa shape index (κ2) is 4.82. The van der Waals surface area contributed by atoms with Gasteiger partial charge in [-0.2, -0.15) is 11.3 Å². The minimum absolute atomic E-state index is 0.0504. The molecule has 0 aliphatic rings. The van der Waals surface area contributed by atoms with Crippen LogP contribution in [0.25, 0.3) is 0 Å². The highest BCUT2D eigenvalue weighted by Gasteiger charge is 1.99. The Morgan fingerprint density at radius 2 is 2.38 bits per heavy atom. The van der Waals surface area contributed by atoms with E-state index in [-0.39, 0.29) is 5.78 Å². The zero-order chi connectivity index (χ0) is 9.68. The fraction of sp³-hybridized carbons (Fsp3) is 0.300. The van der Waals surface area contributed by atoms with Crippen LogP contribution < -0.4 is 5.32 Å². The molecule has 2 nitrogen and oxygen atoms in total. The highest BCUT2D eigenvalue weighted by atomic mass is 32.1. The van der Waals surface area contributed by atoms with Crippen LogP contribution in [0.15, 0.2) is 29.1 Å². The van der Waals surface area contributed by atoms with E-state index < -0.39 is 0 Å². The third-order valence-electron chi connectivity index (χ3n) is 1.47. The molecule has 0 saturated carbocycles. The van der Waals surface area contributed by atoms with Gasteiger partial charge in [0.25, 0.3) is 0 Å². The lowest BCUT2D eigenvalue weighted by Crippen LogP contribution is -2.15. The summed E-state index contributed by atoms with van der Waals surface area (Å²) in [5.74, 6) is 0.0504. The van der Waals surface area contributed by atoms with Crippen molar-refractivity contribution in [1.82, 2.24) is 5.32 Å². The Hall–Kier alpha value is -1.09. The zero-order valence-corrected chi connectivity index (χ0v) is 8.60. The van der Waals surface area contributed by atoms with Crippen molar-refractivity contribution in [2.75, 3.05) is 0 Å². The Bertz CT molecular complexity index is 288. The van der Waals surface area contributed by atoms with Crippen LogP contribution in [0, 0.1) is 0 Å². The second-order valence-electron chi connectivity index (χ2n) is 3.03. The number of hydrogen-bond acceptors (Lipinski definition) is 3. The molecule has 1 N–H and O–H groups in total. The molecule has 0 bridgehead atoms. The number of rotatable bonds is 4. The molecular weight excluding hydrogens is 182 g/mol. The molecule has 0 saturated heterocycles. The van der Waals surface area contributed by atoms with Crippen LogP contribution in [-0.4, -0.2) is 11.8 Å². The van der Waals surface area contributed by atoms with Crippen LogP contribution >= 0.6 is 11.3 Å². The van der Waals surface area contributed by atoms with Gasteiger partial charge in [-0.1, -0.05) is 0 Å². The molecule has 13 heavy (non-hydrogen) atoms. The molecule has 0 unspecified atom stereocenters. The summed E-state index contributed by atoms with van der Waals surface area (Å²) in [6, 6.07) is 2.19. The summed E-state index contributed by atoms with van der Waals surface area (Å²) < 4.78 is 0. The normalized spacial score (nSPS) is 11.0. The van der Waals surface area contributed by atoms with Gasteiger partial charge in [0.1, 0.15) is 0 Å². The van der Waals surface area contributed by atoms with Gasteiger partial charge in [-0.25, -0.2) is 0 Å². The molecule has 1 heterocycles. The van der Waals surface area contributed by atoms with Crippen molar-refractivity contribution in [1.29, 1.82) is 0 Å². The average molecular weight is 195 g/mol. The van der Waals surface area contributed by atoms with Gasteiger partial charge < -0.3 is 5.32 Å². The monoisotopic (exact) mass is 195 g/mol. The number of thiophene rings is 1. The van der Waals surface area contributed by atoms with Crippen molar-refractivity contribution in [3.8, 4) is 0 Å². The molecule has 1 rings (SSSR count). The predicted octanol–water partition coefficient (Wildman–Crippen LogP) is 2.44. The van der Waals surface area contributed by atoms with E-state index in [1.807, 2.05) is 30.7 Å². The topological polar surface area (TPSA) is 29.1 Å². The molecular formula is C10H13NOS. The number of carbonyl (C=O) groups excluding carboxylic acids is 1. The van der Waals surface area contributed by atoms with E-state index in [2.05, 4.69) is 5.32 Å². The Morgan fingerprint density at radius 1 is 1.62 bits per heavy atom. The standard InChI is InChI=1S/C10H13NOS/c1-8(2)11-5-3-10(12)9-4-6-13-7-9/h3-8,11H,1-2H3/b5-3-. The van der Waals surface area contributed by atoms with Gasteiger partial charge in [-0.3, -0.25) is 4.79 Å². The number of carbonyl (C=O) groups is 1. The average Bonchev–Trinajstić information content (AvgIpc) is 2.55. The van der Waals surface area contributed by atoms with Crippen molar-refractivity contribution < 1.29 is 4.79 Å². The van der Waals surface area contributed by atoms with Gasteiger partial charge in [0.15, 0.2) is 5.78 Å². The summed E-state index contributed by atoms with van der Waals surface area (Å²) in [7, 11) is 0. The summed E-state index contributed by atoms with van der Waals surface area (Å²) in [6.45, 7) is 4.05. The lowest BCUT2D eigenvalue weighted by molar-refractivity contribution is 0.104. The molecule has 3 heteroatoms. The third-order valence-corrected chi connectivity index (χ3v) is 2.15. The minimum Gasteiger partial charge on any atom is -0.389 e. The number of nitrogens with one attached hydrogen (secondary N) is 1. The molecule has 0 aliphatic heterocycles. The van der Waals surface area contributed by atoms with Crippen LogP contribution in [0.3, 0.4) is 0 Å². The zero-order valence-electron chi connectivity index (χ0n) is 7.78. The summed E-state index contributed by atoms with van der Waals surface area (Å²) in [6.07, 6.45) is 3.26. The van der Waals surface area contributed by atoms with Gasteiger partial charge in [0.2, 0.25) is 0 Å². The van der Waals surface area contributed by atoms with Gasteiger partial charge in [0, 0.05) is 29.3 Å². The van der Waals surface area contributed by atoms with E-state index in [0.717, 1.165) is 5.56 Å². The van der Waals surface area contributed by atoms with Gasteiger partial charge in [-0.15, -0.1) is 0 Å². The Kier molecular flexibility index (Phi) is 3.71. The second-order valence-corrected chi connectivity index (χ2v) is 3.81. The summed E-state index contributed by atoms with van der Waals surface area (Å²) >= 11 is 1.53. The van der Waals surface area contributed by atoms with E-state index in [4.69, 9.17) is 0 Å². The van der Waals surface area contributed by atoms with Crippen molar-refractivity contribution in [2.45, 2.75) is 19.9 Å². The van der Waals surface area contributed by atoms with E-state index in [0.29, 0.717) is 6.04 Å². The lowest BCUT2D eigenvalue weighted by Gasteiger charge is -2.01. The van der Waals surface area contributed by atoms with Crippen LogP contribution in [0.2, 0.25) is 0 Å². The fourth-order valence-electron chi connectivity index (χ4n) is 0.817. The number of allylic oxidation sites excluding steroid dienone is 1. The van der Waals surface area contributed by atoms with Crippen LogP contribution in [-0.2, 0) is 0 Å². The van der Waals surface area contributed by atoms with Crippen LogP contribution in [0.1, 0.15) is 24.2 Å². The highest BCUT2D eigenvalue weighted by Crippen LogP contribution is 2.06. The SMILES string of the molecule is CC(C)N/C=C\C(=O)c1ccsc1.